The minimum absolute atomic E-state index is 0.315. The van der Waals surface area contributed by atoms with Crippen LogP contribution in [0.3, 0.4) is 0 Å². The molecule has 0 saturated carbocycles. The fourth-order valence-corrected chi connectivity index (χ4v) is 3.13. The zero-order valence-corrected chi connectivity index (χ0v) is 13.2. The summed E-state index contributed by atoms with van der Waals surface area (Å²) < 4.78 is 5.97. The molecule has 3 N–H and O–H groups in total. The van der Waals surface area contributed by atoms with Crippen molar-refractivity contribution in [1.82, 2.24) is 4.98 Å². The number of nitrogens with zero attached hydrogens (tertiary/aromatic N) is 1. The Balaban J connectivity index is 1.86. The third-order valence-corrected chi connectivity index (χ3v) is 4.24. The monoisotopic (exact) mass is 333 g/mol. The van der Waals surface area contributed by atoms with Crippen LogP contribution >= 0.6 is 22.9 Å². The Morgan fingerprint density at radius 2 is 2.14 bits per heavy atom. The molecule has 3 aromatic rings. The van der Waals surface area contributed by atoms with Gasteiger partial charge in [-0.1, -0.05) is 22.9 Å². The predicted octanol–water partition coefficient (Wildman–Crippen LogP) is 3.79. The van der Waals surface area contributed by atoms with Crippen molar-refractivity contribution in [2.75, 3.05) is 18.2 Å². The van der Waals surface area contributed by atoms with Gasteiger partial charge in [-0.2, -0.15) is 0 Å². The second-order valence-electron chi connectivity index (χ2n) is 4.54. The number of rotatable bonds is 3. The quantitative estimate of drug-likeness (QED) is 0.715. The Hall–Kier alpha value is -2.31. The molecule has 3 rings (SSSR count). The molecular weight excluding hydrogens is 322 g/mol. The fourth-order valence-electron chi connectivity index (χ4n) is 1.99. The van der Waals surface area contributed by atoms with Crippen molar-refractivity contribution >= 4 is 49.9 Å². The fraction of sp³-hybridized carbons (Fsp3) is 0.0667. The Morgan fingerprint density at radius 1 is 1.32 bits per heavy atom. The summed E-state index contributed by atoms with van der Waals surface area (Å²) in [5.74, 6) is 0.286. The first kappa shape index (κ1) is 14.6. The van der Waals surface area contributed by atoms with E-state index >= 15 is 0 Å². The highest BCUT2D eigenvalue weighted by atomic mass is 35.5. The van der Waals surface area contributed by atoms with E-state index in [1.165, 1.54) is 11.3 Å². The number of ether oxygens (including phenoxy) is 1. The first-order valence-corrected chi connectivity index (χ1v) is 7.57. The van der Waals surface area contributed by atoms with Gasteiger partial charge in [-0.3, -0.25) is 10.1 Å². The van der Waals surface area contributed by atoms with Gasteiger partial charge in [0.15, 0.2) is 5.13 Å². The molecule has 22 heavy (non-hydrogen) atoms. The predicted molar refractivity (Wildman–Crippen MR) is 90.0 cm³/mol. The van der Waals surface area contributed by atoms with Gasteiger partial charge in [0.25, 0.3) is 5.91 Å². The highest BCUT2D eigenvalue weighted by Gasteiger charge is 2.13. The lowest BCUT2D eigenvalue weighted by Crippen LogP contribution is -2.13. The number of halogens is 1. The summed E-state index contributed by atoms with van der Waals surface area (Å²) in [6, 6.07) is 10.3. The molecule has 0 aliphatic heterocycles. The summed E-state index contributed by atoms with van der Waals surface area (Å²) in [5.41, 5.74) is 7.38. The number of amides is 1. The molecule has 0 unspecified atom stereocenters. The Bertz CT molecular complexity index is 863. The topological polar surface area (TPSA) is 77.2 Å². The van der Waals surface area contributed by atoms with Crippen LogP contribution in [0, 0.1) is 0 Å². The second-order valence-corrected chi connectivity index (χ2v) is 6.01. The molecule has 0 aliphatic rings. The van der Waals surface area contributed by atoms with Gasteiger partial charge in [-0.25, -0.2) is 4.98 Å². The summed E-state index contributed by atoms with van der Waals surface area (Å²) >= 11 is 7.30. The standard InChI is InChI=1S/C15H12ClN3O2S/c1-21-9-3-4-10(11(17)7-9)14(20)19-15-18-12-5-2-8(16)6-13(12)22-15/h2-7H,17H2,1H3,(H,18,19,20). The van der Waals surface area contributed by atoms with Crippen molar-refractivity contribution in [3.05, 3.63) is 47.0 Å². The molecule has 0 atom stereocenters. The smallest absolute Gasteiger partial charge is 0.259 e. The second kappa shape index (κ2) is 5.82. The highest BCUT2D eigenvalue weighted by molar-refractivity contribution is 7.22. The van der Waals surface area contributed by atoms with Crippen LogP contribution in [0.15, 0.2) is 36.4 Å². The molecule has 2 aromatic carbocycles. The van der Waals surface area contributed by atoms with Gasteiger partial charge in [0, 0.05) is 16.8 Å². The van der Waals surface area contributed by atoms with Crippen LogP contribution in [-0.4, -0.2) is 18.0 Å². The van der Waals surface area contributed by atoms with E-state index in [9.17, 15) is 4.79 Å². The molecule has 0 radical (unpaired) electrons. The maximum absolute atomic E-state index is 12.3. The van der Waals surface area contributed by atoms with Crippen molar-refractivity contribution in [2.24, 2.45) is 0 Å². The molecule has 0 bridgehead atoms. The number of carbonyl (C=O) groups is 1. The number of nitrogens with two attached hydrogens (primary N) is 1. The minimum Gasteiger partial charge on any atom is -0.497 e. The first-order valence-electron chi connectivity index (χ1n) is 6.38. The van der Waals surface area contributed by atoms with E-state index in [1.807, 2.05) is 12.1 Å². The van der Waals surface area contributed by atoms with Crippen LogP contribution in [-0.2, 0) is 0 Å². The molecule has 0 fully saturated rings. The Morgan fingerprint density at radius 3 is 2.86 bits per heavy atom. The third kappa shape index (κ3) is 2.84. The van der Waals surface area contributed by atoms with Gasteiger partial charge < -0.3 is 10.5 Å². The molecular formula is C15H12ClN3O2S. The average Bonchev–Trinajstić information content (AvgIpc) is 2.88. The van der Waals surface area contributed by atoms with E-state index in [0.29, 0.717) is 27.2 Å². The summed E-state index contributed by atoms with van der Waals surface area (Å²) in [5, 5.41) is 3.88. The number of benzene rings is 2. The average molecular weight is 334 g/mol. The zero-order chi connectivity index (χ0) is 15.7. The van der Waals surface area contributed by atoms with Crippen LogP contribution < -0.4 is 15.8 Å². The molecule has 1 heterocycles. The molecule has 7 heteroatoms. The van der Waals surface area contributed by atoms with Crippen molar-refractivity contribution in [2.45, 2.75) is 0 Å². The van der Waals surface area contributed by atoms with Gasteiger partial charge in [-0.15, -0.1) is 0 Å². The van der Waals surface area contributed by atoms with Crippen molar-refractivity contribution < 1.29 is 9.53 Å². The summed E-state index contributed by atoms with van der Waals surface area (Å²) in [6.45, 7) is 0. The maximum Gasteiger partial charge on any atom is 0.259 e. The largest absolute Gasteiger partial charge is 0.497 e. The zero-order valence-electron chi connectivity index (χ0n) is 11.6. The van der Waals surface area contributed by atoms with Gasteiger partial charge in [0.2, 0.25) is 0 Å². The molecule has 0 aliphatic carbocycles. The molecule has 0 spiro atoms. The number of fused-ring (bicyclic) bond motifs is 1. The Kier molecular flexibility index (Phi) is 3.87. The summed E-state index contributed by atoms with van der Waals surface area (Å²) in [4.78, 5) is 16.6. The van der Waals surface area contributed by atoms with Gasteiger partial charge in [0.1, 0.15) is 5.75 Å². The van der Waals surface area contributed by atoms with E-state index in [4.69, 9.17) is 22.1 Å². The van der Waals surface area contributed by atoms with Crippen molar-refractivity contribution in [3.63, 3.8) is 0 Å². The number of carbonyl (C=O) groups excluding carboxylic acids is 1. The number of methoxy groups -OCH3 is 1. The van der Waals surface area contributed by atoms with E-state index in [1.54, 1.807) is 31.4 Å². The number of aromatic nitrogens is 1. The lowest BCUT2D eigenvalue weighted by Gasteiger charge is -2.07. The van der Waals surface area contributed by atoms with Crippen molar-refractivity contribution in [1.29, 1.82) is 0 Å². The van der Waals surface area contributed by atoms with Gasteiger partial charge >= 0.3 is 0 Å². The number of anilines is 2. The summed E-state index contributed by atoms with van der Waals surface area (Å²) in [6.07, 6.45) is 0. The maximum atomic E-state index is 12.3. The molecule has 1 aromatic heterocycles. The number of hydrogen-bond donors (Lipinski definition) is 2. The summed E-state index contributed by atoms with van der Waals surface area (Å²) in [7, 11) is 1.54. The Labute approximate surface area is 135 Å². The van der Waals surface area contributed by atoms with E-state index in [2.05, 4.69) is 10.3 Å². The van der Waals surface area contributed by atoms with Crippen molar-refractivity contribution in [3.8, 4) is 5.75 Å². The van der Waals surface area contributed by atoms with Crippen LogP contribution in [0.2, 0.25) is 5.02 Å². The van der Waals surface area contributed by atoms with Crippen LogP contribution in [0.5, 0.6) is 5.75 Å². The SMILES string of the molecule is COc1ccc(C(=O)Nc2nc3ccc(Cl)cc3s2)c(N)c1. The molecule has 112 valence electrons. The van der Waals surface area contributed by atoms with E-state index in [0.717, 1.165) is 10.2 Å². The lowest BCUT2D eigenvalue weighted by atomic mass is 10.1. The van der Waals surface area contributed by atoms with Gasteiger partial charge in [-0.05, 0) is 30.3 Å². The van der Waals surface area contributed by atoms with Gasteiger partial charge in [0.05, 0.1) is 22.9 Å². The highest BCUT2D eigenvalue weighted by Crippen LogP contribution is 2.29. The third-order valence-electron chi connectivity index (χ3n) is 3.07. The molecule has 0 saturated heterocycles. The van der Waals surface area contributed by atoms with Crippen LogP contribution in [0.25, 0.3) is 10.2 Å². The number of thiazole rings is 1. The van der Waals surface area contributed by atoms with E-state index < -0.39 is 0 Å². The lowest BCUT2D eigenvalue weighted by molar-refractivity contribution is 0.102. The first-order chi connectivity index (χ1) is 10.6. The number of hydrogen-bond acceptors (Lipinski definition) is 5. The number of nitrogen functional groups attached to an aromatic ring is 1. The normalized spacial score (nSPS) is 10.6. The molecule has 5 nitrogen and oxygen atoms in total. The molecule has 1 amide bonds. The number of nitrogens with one attached hydrogen (secondary N) is 1. The van der Waals surface area contributed by atoms with Crippen LogP contribution in [0.1, 0.15) is 10.4 Å². The van der Waals surface area contributed by atoms with E-state index in [-0.39, 0.29) is 5.91 Å². The minimum atomic E-state index is -0.315. The van der Waals surface area contributed by atoms with Crippen LogP contribution in [0.4, 0.5) is 10.8 Å².